The Balaban J connectivity index is 2.40. The molecule has 0 saturated carbocycles. The molecular weight excluding hydrogens is 252 g/mol. The fourth-order valence-corrected chi connectivity index (χ4v) is 1.80. The van der Waals surface area contributed by atoms with E-state index in [1.807, 2.05) is 38.1 Å². The molecule has 0 aliphatic heterocycles. The van der Waals surface area contributed by atoms with Gasteiger partial charge in [-0.2, -0.15) is 15.0 Å². The summed E-state index contributed by atoms with van der Waals surface area (Å²) in [4.78, 5) is 13.1. The zero-order valence-electron chi connectivity index (χ0n) is 12.2. The average molecular weight is 272 g/mol. The fourth-order valence-electron chi connectivity index (χ4n) is 1.80. The monoisotopic (exact) mass is 272 g/mol. The maximum Gasteiger partial charge on any atom is 0.321 e. The molecule has 0 fully saturated rings. The molecule has 0 aliphatic carbocycles. The van der Waals surface area contributed by atoms with Gasteiger partial charge in [0.25, 0.3) is 0 Å². The van der Waals surface area contributed by atoms with Crippen LogP contribution in [0.15, 0.2) is 24.3 Å². The van der Waals surface area contributed by atoms with Gasteiger partial charge in [0.05, 0.1) is 6.61 Å². The van der Waals surface area contributed by atoms with E-state index in [1.54, 1.807) is 0 Å². The van der Waals surface area contributed by atoms with Crippen LogP contribution in [0.25, 0.3) is 11.4 Å². The van der Waals surface area contributed by atoms with Crippen LogP contribution in [0.2, 0.25) is 0 Å². The molecule has 1 heterocycles. The highest BCUT2D eigenvalue weighted by Crippen LogP contribution is 2.22. The second kappa shape index (κ2) is 6.84. The molecule has 0 atom stereocenters. The van der Waals surface area contributed by atoms with Gasteiger partial charge in [-0.3, -0.25) is 0 Å². The highest BCUT2D eigenvalue weighted by atomic mass is 16.5. The number of aromatic nitrogens is 3. The van der Waals surface area contributed by atoms with Crippen molar-refractivity contribution in [3.05, 3.63) is 29.8 Å². The highest BCUT2D eigenvalue weighted by Gasteiger charge is 2.10. The van der Waals surface area contributed by atoms with Gasteiger partial charge in [0.2, 0.25) is 5.95 Å². The predicted molar refractivity (Wildman–Crippen MR) is 79.9 cm³/mol. The second-order valence-electron chi connectivity index (χ2n) is 4.46. The van der Waals surface area contributed by atoms with E-state index in [2.05, 4.69) is 27.2 Å². The molecule has 0 aliphatic rings. The summed E-state index contributed by atoms with van der Waals surface area (Å²) in [6.45, 7) is 7.45. The molecule has 5 heteroatoms. The van der Waals surface area contributed by atoms with Crippen LogP contribution in [-0.4, -0.2) is 28.1 Å². The Morgan fingerprint density at radius 3 is 2.60 bits per heavy atom. The van der Waals surface area contributed by atoms with Crippen LogP contribution < -0.4 is 10.1 Å². The quantitative estimate of drug-likeness (QED) is 0.875. The molecule has 0 saturated heterocycles. The van der Waals surface area contributed by atoms with E-state index >= 15 is 0 Å². The Morgan fingerprint density at radius 1 is 1.10 bits per heavy atom. The zero-order valence-corrected chi connectivity index (χ0v) is 12.2. The van der Waals surface area contributed by atoms with E-state index < -0.39 is 0 Å². The highest BCUT2D eigenvalue weighted by molar-refractivity contribution is 5.60. The summed E-state index contributed by atoms with van der Waals surface area (Å²) in [6, 6.07) is 8.39. The van der Waals surface area contributed by atoms with Crippen LogP contribution in [-0.2, 0) is 0 Å². The van der Waals surface area contributed by atoms with E-state index in [1.165, 1.54) is 0 Å². The summed E-state index contributed by atoms with van der Waals surface area (Å²) in [7, 11) is 0. The van der Waals surface area contributed by atoms with Gasteiger partial charge >= 0.3 is 6.01 Å². The lowest BCUT2D eigenvalue weighted by Crippen LogP contribution is -2.08. The number of aryl methyl sites for hydroxylation is 1. The summed E-state index contributed by atoms with van der Waals surface area (Å²) >= 11 is 0. The third kappa shape index (κ3) is 3.44. The molecule has 5 nitrogen and oxygen atoms in total. The third-order valence-electron chi connectivity index (χ3n) is 2.77. The Hall–Kier alpha value is -2.17. The lowest BCUT2D eigenvalue weighted by molar-refractivity contribution is 0.292. The SMILES string of the molecule is CCCOc1nc(NCC)nc(-c2ccccc2C)n1. The van der Waals surface area contributed by atoms with Crippen molar-refractivity contribution in [1.29, 1.82) is 0 Å². The van der Waals surface area contributed by atoms with Crippen LogP contribution >= 0.6 is 0 Å². The predicted octanol–water partition coefficient (Wildman–Crippen LogP) is 3.07. The van der Waals surface area contributed by atoms with Crippen LogP contribution in [0.1, 0.15) is 25.8 Å². The standard InChI is InChI=1S/C15H20N4O/c1-4-10-20-15-18-13(17-14(19-15)16-5-2)12-9-7-6-8-11(12)3/h6-9H,4-5,10H2,1-3H3,(H,16,17,18,19). The molecule has 1 aromatic heterocycles. The van der Waals surface area contributed by atoms with Crippen molar-refractivity contribution in [2.45, 2.75) is 27.2 Å². The Morgan fingerprint density at radius 2 is 1.90 bits per heavy atom. The molecule has 20 heavy (non-hydrogen) atoms. The minimum atomic E-state index is 0.371. The van der Waals surface area contributed by atoms with Gasteiger partial charge in [0, 0.05) is 12.1 Å². The van der Waals surface area contributed by atoms with Gasteiger partial charge in [-0.15, -0.1) is 0 Å². The molecule has 2 rings (SSSR count). The van der Waals surface area contributed by atoms with Crippen LogP contribution in [0.3, 0.4) is 0 Å². The van der Waals surface area contributed by atoms with Crippen LogP contribution in [0, 0.1) is 6.92 Å². The van der Waals surface area contributed by atoms with Gasteiger partial charge in [0.1, 0.15) is 0 Å². The molecule has 0 unspecified atom stereocenters. The van der Waals surface area contributed by atoms with E-state index in [4.69, 9.17) is 4.74 Å². The van der Waals surface area contributed by atoms with Gasteiger partial charge in [-0.1, -0.05) is 31.2 Å². The van der Waals surface area contributed by atoms with Gasteiger partial charge < -0.3 is 10.1 Å². The van der Waals surface area contributed by atoms with Crippen molar-refractivity contribution in [3.63, 3.8) is 0 Å². The maximum atomic E-state index is 5.54. The van der Waals surface area contributed by atoms with Crippen molar-refractivity contribution < 1.29 is 4.74 Å². The summed E-state index contributed by atoms with van der Waals surface area (Å²) in [5, 5.41) is 3.11. The average Bonchev–Trinajstić information content (AvgIpc) is 2.46. The van der Waals surface area contributed by atoms with Crippen molar-refractivity contribution in [2.24, 2.45) is 0 Å². The minimum Gasteiger partial charge on any atom is -0.463 e. The van der Waals surface area contributed by atoms with Crippen LogP contribution in [0.4, 0.5) is 5.95 Å². The molecule has 1 aromatic carbocycles. The fraction of sp³-hybridized carbons (Fsp3) is 0.400. The molecule has 0 bridgehead atoms. The van der Waals surface area contributed by atoms with E-state index in [0.717, 1.165) is 24.1 Å². The minimum absolute atomic E-state index is 0.371. The number of hydrogen-bond acceptors (Lipinski definition) is 5. The van der Waals surface area contributed by atoms with E-state index in [9.17, 15) is 0 Å². The Kier molecular flexibility index (Phi) is 4.87. The Bertz CT molecular complexity index is 572. The number of ether oxygens (including phenoxy) is 1. The van der Waals surface area contributed by atoms with Crippen molar-refractivity contribution in [1.82, 2.24) is 15.0 Å². The molecule has 0 spiro atoms. The van der Waals surface area contributed by atoms with E-state index in [-0.39, 0.29) is 0 Å². The van der Waals surface area contributed by atoms with Crippen molar-refractivity contribution >= 4 is 5.95 Å². The number of hydrogen-bond donors (Lipinski definition) is 1. The largest absolute Gasteiger partial charge is 0.463 e. The van der Waals surface area contributed by atoms with Gasteiger partial charge in [0.15, 0.2) is 5.82 Å². The summed E-state index contributed by atoms with van der Waals surface area (Å²) in [5.41, 5.74) is 2.12. The first-order valence-electron chi connectivity index (χ1n) is 6.93. The molecule has 0 amide bonds. The second-order valence-corrected chi connectivity index (χ2v) is 4.46. The van der Waals surface area contributed by atoms with Crippen LogP contribution in [0.5, 0.6) is 6.01 Å². The van der Waals surface area contributed by atoms with E-state index in [0.29, 0.717) is 24.4 Å². The smallest absolute Gasteiger partial charge is 0.321 e. The maximum absolute atomic E-state index is 5.54. The molecule has 1 N–H and O–H groups in total. The number of benzene rings is 1. The van der Waals surface area contributed by atoms with Crippen molar-refractivity contribution in [3.8, 4) is 17.4 Å². The zero-order chi connectivity index (χ0) is 14.4. The number of rotatable bonds is 6. The number of nitrogens with zero attached hydrogens (tertiary/aromatic N) is 3. The number of anilines is 1. The topological polar surface area (TPSA) is 59.9 Å². The lowest BCUT2D eigenvalue weighted by Gasteiger charge is -2.09. The Labute approximate surface area is 119 Å². The summed E-state index contributed by atoms with van der Waals surface area (Å²) in [6.07, 6.45) is 0.919. The molecule has 2 aromatic rings. The third-order valence-corrected chi connectivity index (χ3v) is 2.77. The molecular formula is C15H20N4O. The van der Waals surface area contributed by atoms with Crippen molar-refractivity contribution in [2.75, 3.05) is 18.5 Å². The first kappa shape index (κ1) is 14.2. The molecule has 0 radical (unpaired) electrons. The van der Waals surface area contributed by atoms with Gasteiger partial charge in [-0.25, -0.2) is 0 Å². The lowest BCUT2D eigenvalue weighted by atomic mass is 10.1. The van der Waals surface area contributed by atoms with Gasteiger partial charge in [-0.05, 0) is 25.8 Å². The normalized spacial score (nSPS) is 10.3. The summed E-state index contributed by atoms with van der Waals surface area (Å²) in [5.74, 6) is 1.19. The first-order valence-corrected chi connectivity index (χ1v) is 6.93. The number of nitrogens with one attached hydrogen (secondary N) is 1. The molecule has 106 valence electrons. The first-order chi connectivity index (χ1) is 9.74. The summed E-state index contributed by atoms with van der Waals surface area (Å²) < 4.78 is 5.54.